The summed E-state index contributed by atoms with van der Waals surface area (Å²) in [4.78, 5) is 15.6. The van der Waals surface area contributed by atoms with E-state index in [9.17, 15) is 13.2 Å². The van der Waals surface area contributed by atoms with E-state index in [4.69, 9.17) is 32.1 Å². The second-order valence-corrected chi connectivity index (χ2v) is 9.37. The molecule has 7 nitrogen and oxygen atoms in total. The van der Waals surface area contributed by atoms with E-state index < -0.39 is 10.1 Å². The fourth-order valence-electron chi connectivity index (χ4n) is 3.09. The third kappa shape index (κ3) is 6.75. The topological polar surface area (TPSA) is 76.2 Å². The van der Waals surface area contributed by atoms with Gasteiger partial charge in [0.05, 0.1) is 16.7 Å². The van der Waals surface area contributed by atoms with Crippen LogP contribution in [0.2, 0.25) is 10.0 Å². The summed E-state index contributed by atoms with van der Waals surface area (Å²) in [6, 6.07) is 9.30. The lowest BCUT2D eigenvalue weighted by molar-refractivity contribution is -0.130. The summed E-state index contributed by atoms with van der Waals surface area (Å²) in [7, 11) is -2.64. The first kappa shape index (κ1) is 26.3. The third-order valence-electron chi connectivity index (χ3n) is 4.93. The monoisotopic (exact) mass is 502 g/mol. The molecule has 1 amide bonds. The number of nitrogens with zero attached hydrogens (tertiary/aromatic N) is 2. The van der Waals surface area contributed by atoms with E-state index in [1.165, 1.54) is 25.1 Å². The normalized spacial score (nSPS) is 11.3. The van der Waals surface area contributed by atoms with Crippen LogP contribution in [0.4, 0.5) is 5.69 Å². The Hall–Kier alpha value is -2.00. The van der Waals surface area contributed by atoms with Gasteiger partial charge in [-0.25, -0.2) is 0 Å². The Morgan fingerprint density at radius 1 is 1.03 bits per heavy atom. The molecule has 0 atom stereocenters. The zero-order chi connectivity index (χ0) is 23.9. The van der Waals surface area contributed by atoms with Gasteiger partial charge in [0.15, 0.2) is 0 Å². The average Bonchev–Trinajstić information content (AvgIpc) is 2.74. The quantitative estimate of drug-likeness (QED) is 0.417. The van der Waals surface area contributed by atoms with Gasteiger partial charge in [-0.1, -0.05) is 29.3 Å². The molecule has 2 rings (SSSR count). The SMILES string of the molecule is CCN(CC)c1ccc(CN(CCOC)C(C)=O)c(OS(=O)(=O)c2ccc(Cl)c(Cl)c2)c1. The number of carbonyl (C=O) groups is 1. The van der Waals surface area contributed by atoms with Crippen molar-refractivity contribution in [1.29, 1.82) is 0 Å². The molecule has 10 heteroatoms. The lowest BCUT2D eigenvalue weighted by atomic mass is 10.1. The summed E-state index contributed by atoms with van der Waals surface area (Å²) in [5, 5.41) is 0.348. The number of amides is 1. The number of halogens is 2. The lowest BCUT2D eigenvalue weighted by Crippen LogP contribution is -2.31. The molecule has 0 N–H and O–H groups in total. The van der Waals surface area contributed by atoms with Gasteiger partial charge in [0.25, 0.3) is 0 Å². The van der Waals surface area contributed by atoms with E-state index in [1.54, 1.807) is 24.1 Å². The molecule has 0 bridgehead atoms. The molecule has 2 aromatic rings. The van der Waals surface area contributed by atoms with Crippen LogP contribution in [0.5, 0.6) is 5.75 Å². The van der Waals surface area contributed by atoms with E-state index in [0.29, 0.717) is 18.7 Å². The number of carbonyl (C=O) groups excluding carboxylic acids is 1. The fraction of sp³-hybridized carbons (Fsp3) is 0.409. The highest BCUT2D eigenvalue weighted by molar-refractivity contribution is 7.87. The Kier molecular flexibility index (Phi) is 9.64. The van der Waals surface area contributed by atoms with E-state index in [1.807, 2.05) is 19.9 Å². The summed E-state index contributed by atoms with van der Waals surface area (Å²) in [6.07, 6.45) is 0. The standard InChI is InChI=1S/C22H28Cl2N2O5S/c1-5-25(6-2)18-8-7-17(15-26(16(3)27)11-12-30-4)22(13-18)31-32(28,29)19-9-10-20(23)21(24)14-19/h7-10,13-14H,5-6,11-12,15H2,1-4H3. The highest BCUT2D eigenvalue weighted by atomic mass is 35.5. The van der Waals surface area contributed by atoms with Crippen molar-refractivity contribution in [2.45, 2.75) is 32.2 Å². The molecule has 0 spiro atoms. The maximum atomic E-state index is 13.0. The molecule has 32 heavy (non-hydrogen) atoms. The minimum absolute atomic E-state index is 0.107. The predicted octanol–water partition coefficient (Wildman–Crippen LogP) is 4.60. The van der Waals surface area contributed by atoms with Crippen LogP contribution in [0.25, 0.3) is 0 Å². The number of benzene rings is 2. The molecule has 2 aromatic carbocycles. The second-order valence-electron chi connectivity index (χ2n) is 7.01. The van der Waals surface area contributed by atoms with Gasteiger partial charge in [0, 0.05) is 57.5 Å². The van der Waals surface area contributed by atoms with Crippen LogP contribution in [0.1, 0.15) is 26.3 Å². The van der Waals surface area contributed by atoms with Crippen LogP contribution in [0.15, 0.2) is 41.3 Å². The largest absolute Gasteiger partial charge is 0.383 e. The highest BCUT2D eigenvalue weighted by Crippen LogP contribution is 2.31. The van der Waals surface area contributed by atoms with Crippen LogP contribution in [-0.4, -0.2) is 52.6 Å². The Morgan fingerprint density at radius 3 is 2.28 bits per heavy atom. The highest BCUT2D eigenvalue weighted by Gasteiger charge is 2.22. The second kappa shape index (κ2) is 11.7. The van der Waals surface area contributed by atoms with E-state index in [2.05, 4.69) is 4.90 Å². The summed E-state index contributed by atoms with van der Waals surface area (Å²) in [6.45, 7) is 7.83. The van der Waals surface area contributed by atoms with Crippen molar-refractivity contribution in [3.63, 3.8) is 0 Å². The van der Waals surface area contributed by atoms with Crippen molar-refractivity contribution in [2.75, 3.05) is 38.3 Å². The first-order valence-corrected chi connectivity index (χ1v) is 12.3. The van der Waals surface area contributed by atoms with Gasteiger partial charge in [0.2, 0.25) is 5.91 Å². The van der Waals surface area contributed by atoms with Gasteiger partial charge in [-0.3, -0.25) is 4.79 Å². The number of methoxy groups -OCH3 is 1. The van der Waals surface area contributed by atoms with Gasteiger partial charge in [-0.2, -0.15) is 8.42 Å². The summed E-state index contributed by atoms with van der Waals surface area (Å²) >= 11 is 11.9. The molecule has 0 unspecified atom stereocenters. The number of hydrogen-bond acceptors (Lipinski definition) is 6. The molecule has 0 saturated heterocycles. The van der Waals surface area contributed by atoms with Crippen LogP contribution in [0.3, 0.4) is 0 Å². The maximum absolute atomic E-state index is 13.0. The number of anilines is 1. The first-order valence-electron chi connectivity index (χ1n) is 10.1. The molecule has 0 aliphatic heterocycles. The summed E-state index contributed by atoms with van der Waals surface area (Å²) in [5.74, 6) is -0.0164. The van der Waals surface area contributed by atoms with Crippen LogP contribution in [0, 0.1) is 0 Å². The summed E-state index contributed by atoms with van der Waals surface area (Å²) in [5.41, 5.74) is 1.36. The first-order chi connectivity index (χ1) is 15.1. The van der Waals surface area contributed by atoms with Gasteiger partial charge in [-0.15, -0.1) is 0 Å². The van der Waals surface area contributed by atoms with Crippen molar-refractivity contribution in [3.05, 3.63) is 52.0 Å². The molecule has 0 fully saturated rings. The Bertz CT molecular complexity index is 1040. The molecule has 0 radical (unpaired) electrons. The third-order valence-corrected chi connectivity index (χ3v) is 6.90. The van der Waals surface area contributed by atoms with Crippen molar-refractivity contribution < 1.29 is 22.1 Å². The van der Waals surface area contributed by atoms with E-state index >= 15 is 0 Å². The zero-order valence-electron chi connectivity index (χ0n) is 18.6. The lowest BCUT2D eigenvalue weighted by Gasteiger charge is -2.25. The molecular formula is C22H28Cl2N2O5S. The molecule has 0 aromatic heterocycles. The zero-order valence-corrected chi connectivity index (χ0v) is 20.9. The number of ether oxygens (including phenoxy) is 1. The van der Waals surface area contributed by atoms with Crippen LogP contribution in [-0.2, 0) is 26.2 Å². The molecule has 176 valence electrons. The van der Waals surface area contributed by atoms with Crippen molar-refractivity contribution in [2.24, 2.45) is 0 Å². The van der Waals surface area contributed by atoms with Crippen LogP contribution >= 0.6 is 23.2 Å². The molecular weight excluding hydrogens is 475 g/mol. The van der Waals surface area contributed by atoms with Crippen molar-refractivity contribution >= 4 is 44.9 Å². The Labute approximate surface area is 199 Å². The summed E-state index contributed by atoms with van der Waals surface area (Å²) < 4.78 is 36.6. The Morgan fingerprint density at radius 2 is 1.72 bits per heavy atom. The van der Waals surface area contributed by atoms with E-state index in [0.717, 1.165) is 18.8 Å². The number of hydrogen-bond donors (Lipinski definition) is 0. The molecule has 0 heterocycles. The minimum atomic E-state index is -4.19. The molecule has 0 saturated carbocycles. The van der Waals surface area contributed by atoms with Crippen molar-refractivity contribution in [1.82, 2.24) is 4.90 Å². The van der Waals surface area contributed by atoms with Gasteiger partial charge >= 0.3 is 10.1 Å². The number of rotatable bonds is 11. The predicted molar refractivity (Wildman–Crippen MR) is 127 cm³/mol. The van der Waals surface area contributed by atoms with Crippen LogP contribution < -0.4 is 9.08 Å². The van der Waals surface area contributed by atoms with Gasteiger partial charge < -0.3 is 18.7 Å². The maximum Gasteiger partial charge on any atom is 0.339 e. The Balaban J connectivity index is 2.48. The van der Waals surface area contributed by atoms with E-state index in [-0.39, 0.29) is 33.1 Å². The fourth-order valence-corrected chi connectivity index (χ4v) is 4.44. The smallest absolute Gasteiger partial charge is 0.339 e. The molecule has 0 aliphatic carbocycles. The van der Waals surface area contributed by atoms with Gasteiger partial charge in [-0.05, 0) is 38.1 Å². The average molecular weight is 503 g/mol. The van der Waals surface area contributed by atoms with Gasteiger partial charge in [0.1, 0.15) is 10.6 Å². The van der Waals surface area contributed by atoms with Crippen molar-refractivity contribution in [3.8, 4) is 5.75 Å². The molecule has 0 aliphatic rings. The minimum Gasteiger partial charge on any atom is -0.383 e.